The van der Waals surface area contributed by atoms with Gasteiger partial charge in [0.2, 0.25) is 5.16 Å². The first-order valence-corrected chi connectivity index (χ1v) is 9.44. The Hall–Kier alpha value is -2.25. The van der Waals surface area contributed by atoms with Crippen LogP contribution in [-0.4, -0.2) is 27.2 Å². The Morgan fingerprint density at radius 1 is 1.12 bits per heavy atom. The fraction of sp³-hybridized carbons (Fsp3) is 0.222. The van der Waals surface area contributed by atoms with Crippen molar-refractivity contribution in [1.82, 2.24) is 14.9 Å². The summed E-state index contributed by atoms with van der Waals surface area (Å²) in [7, 11) is 0. The van der Waals surface area contributed by atoms with E-state index in [0.29, 0.717) is 34.6 Å². The molecule has 8 heteroatoms. The molecular weight excluding hydrogens is 375 g/mol. The molecule has 2 N–H and O–H groups in total. The average Bonchev–Trinajstić information content (AvgIpc) is 2.98. The molecule has 0 aliphatic carbocycles. The highest BCUT2D eigenvalue weighted by Gasteiger charge is 2.12. The quantitative estimate of drug-likeness (QED) is 0.357. The van der Waals surface area contributed by atoms with Crippen molar-refractivity contribution in [3.05, 3.63) is 70.8 Å². The molecule has 1 aromatic heterocycles. The van der Waals surface area contributed by atoms with Crippen LogP contribution in [0.4, 0.5) is 4.39 Å². The lowest BCUT2D eigenvalue weighted by Crippen LogP contribution is -2.15. The Morgan fingerprint density at radius 2 is 1.88 bits per heavy atom. The first kappa shape index (κ1) is 18.5. The van der Waals surface area contributed by atoms with Crippen molar-refractivity contribution in [1.29, 1.82) is 0 Å². The van der Waals surface area contributed by atoms with E-state index in [2.05, 4.69) is 10.2 Å². The van der Waals surface area contributed by atoms with Crippen LogP contribution in [0, 0.1) is 5.82 Å². The van der Waals surface area contributed by atoms with E-state index in [1.807, 2.05) is 12.1 Å². The number of rotatable bonds is 8. The smallest absolute Gasteiger partial charge is 0.209 e. The maximum Gasteiger partial charge on any atom is 0.209 e. The van der Waals surface area contributed by atoms with Crippen LogP contribution >= 0.6 is 23.4 Å². The summed E-state index contributed by atoms with van der Waals surface area (Å²) in [6, 6.07) is 13.8. The zero-order valence-corrected chi connectivity index (χ0v) is 15.5. The van der Waals surface area contributed by atoms with E-state index in [1.54, 1.807) is 30.3 Å². The lowest BCUT2D eigenvalue weighted by Gasteiger charge is -2.06. The normalized spacial score (nSPS) is 10.8. The highest BCUT2D eigenvalue weighted by molar-refractivity contribution is 7.99. The molecule has 0 saturated heterocycles. The zero-order valence-electron chi connectivity index (χ0n) is 13.9. The van der Waals surface area contributed by atoms with Crippen LogP contribution in [0.2, 0.25) is 5.02 Å². The lowest BCUT2D eigenvalue weighted by molar-refractivity contribution is 0.318. The van der Waals surface area contributed by atoms with Gasteiger partial charge in [-0.2, -0.15) is 0 Å². The minimum atomic E-state index is -0.274. The van der Waals surface area contributed by atoms with E-state index in [9.17, 15) is 4.39 Å². The summed E-state index contributed by atoms with van der Waals surface area (Å²) >= 11 is 7.32. The van der Waals surface area contributed by atoms with Gasteiger partial charge in [-0.1, -0.05) is 41.6 Å². The highest BCUT2D eigenvalue weighted by atomic mass is 35.5. The van der Waals surface area contributed by atoms with Gasteiger partial charge in [0.1, 0.15) is 11.6 Å². The second kappa shape index (κ2) is 8.91. The van der Waals surface area contributed by atoms with Crippen molar-refractivity contribution >= 4 is 23.4 Å². The number of benzene rings is 2. The summed E-state index contributed by atoms with van der Waals surface area (Å²) in [5.41, 5.74) is 0.541. The molecule has 3 rings (SSSR count). The number of ether oxygens (including phenoxy) is 1. The van der Waals surface area contributed by atoms with Crippen LogP contribution < -0.4 is 10.6 Å². The van der Waals surface area contributed by atoms with Crippen molar-refractivity contribution in [2.75, 3.05) is 18.2 Å². The molecule has 26 heavy (non-hydrogen) atoms. The van der Waals surface area contributed by atoms with Gasteiger partial charge in [0.05, 0.1) is 6.61 Å². The number of nitrogens with two attached hydrogens (primary N) is 1. The molecule has 5 nitrogen and oxygen atoms in total. The van der Waals surface area contributed by atoms with Crippen LogP contribution in [0.3, 0.4) is 0 Å². The highest BCUT2D eigenvalue weighted by Crippen LogP contribution is 2.19. The summed E-state index contributed by atoms with van der Waals surface area (Å²) in [4.78, 5) is 0. The van der Waals surface area contributed by atoms with E-state index in [1.165, 1.54) is 22.5 Å². The summed E-state index contributed by atoms with van der Waals surface area (Å²) < 4.78 is 20.8. The topological polar surface area (TPSA) is 66.0 Å². The van der Waals surface area contributed by atoms with Gasteiger partial charge in [0.15, 0.2) is 5.82 Å². The number of thioether (sulfide) groups is 1. The van der Waals surface area contributed by atoms with Crippen molar-refractivity contribution in [2.45, 2.75) is 18.0 Å². The molecule has 0 amide bonds. The van der Waals surface area contributed by atoms with Crippen LogP contribution in [0.1, 0.15) is 17.8 Å². The largest absolute Gasteiger partial charge is 0.494 e. The van der Waals surface area contributed by atoms with Gasteiger partial charge >= 0.3 is 0 Å². The monoisotopic (exact) mass is 392 g/mol. The molecule has 3 aromatic rings. The second-order valence-electron chi connectivity index (χ2n) is 5.54. The second-order valence-corrected chi connectivity index (χ2v) is 7.04. The first-order valence-electron chi connectivity index (χ1n) is 8.07. The number of hydrogen-bond acceptors (Lipinski definition) is 5. The molecule has 0 fully saturated rings. The Labute approximate surface area is 160 Å². The maximum atomic E-state index is 13.7. The fourth-order valence-electron chi connectivity index (χ4n) is 2.28. The molecule has 0 radical (unpaired) electrons. The van der Waals surface area contributed by atoms with Crippen LogP contribution in [0.15, 0.2) is 53.7 Å². The number of hydrogen-bond donors (Lipinski definition) is 1. The van der Waals surface area contributed by atoms with E-state index in [0.717, 1.165) is 17.9 Å². The molecule has 0 bridgehead atoms. The molecule has 0 aliphatic rings. The van der Waals surface area contributed by atoms with Gasteiger partial charge in [0.25, 0.3) is 0 Å². The van der Waals surface area contributed by atoms with Crippen molar-refractivity contribution < 1.29 is 9.13 Å². The molecule has 2 aromatic carbocycles. The van der Waals surface area contributed by atoms with Gasteiger partial charge < -0.3 is 10.6 Å². The average molecular weight is 393 g/mol. The Bertz CT molecular complexity index is 857. The lowest BCUT2D eigenvalue weighted by atomic mass is 10.1. The number of halogens is 2. The molecule has 0 saturated carbocycles. The van der Waals surface area contributed by atoms with Gasteiger partial charge in [0, 0.05) is 17.2 Å². The van der Waals surface area contributed by atoms with Gasteiger partial charge in [-0.05, 0) is 42.3 Å². The summed E-state index contributed by atoms with van der Waals surface area (Å²) in [5.74, 6) is 7.84. The molecule has 0 unspecified atom stereocenters. The zero-order chi connectivity index (χ0) is 18.4. The third-order valence-corrected chi connectivity index (χ3v) is 4.93. The number of nitrogen functional groups attached to an aromatic ring is 1. The summed E-state index contributed by atoms with van der Waals surface area (Å²) in [6.45, 7) is 0.579. The van der Waals surface area contributed by atoms with Crippen LogP contribution in [-0.2, 0) is 6.42 Å². The molecule has 0 spiro atoms. The minimum Gasteiger partial charge on any atom is -0.494 e. The Kier molecular flexibility index (Phi) is 6.35. The number of aromatic nitrogens is 3. The number of nitrogens with zero attached hydrogens (tertiary/aromatic N) is 3. The predicted octanol–water partition coefficient (Wildman–Crippen LogP) is 3.94. The maximum absolute atomic E-state index is 13.7. The van der Waals surface area contributed by atoms with Crippen LogP contribution in [0.5, 0.6) is 5.75 Å². The molecule has 1 heterocycles. The predicted molar refractivity (Wildman–Crippen MR) is 102 cm³/mol. The molecule has 0 atom stereocenters. The van der Waals surface area contributed by atoms with E-state index >= 15 is 0 Å². The Morgan fingerprint density at radius 3 is 2.65 bits per heavy atom. The minimum absolute atomic E-state index is 0.274. The summed E-state index contributed by atoms with van der Waals surface area (Å²) in [5, 5.41) is 9.43. The first-order chi connectivity index (χ1) is 12.6. The molecule has 0 aliphatic heterocycles. The van der Waals surface area contributed by atoms with Gasteiger partial charge in [-0.3, -0.25) is 0 Å². The van der Waals surface area contributed by atoms with Crippen molar-refractivity contribution in [3.63, 3.8) is 0 Å². The fourth-order valence-corrected chi connectivity index (χ4v) is 3.20. The van der Waals surface area contributed by atoms with Gasteiger partial charge in [-0.25, -0.2) is 9.07 Å². The Balaban J connectivity index is 1.46. The van der Waals surface area contributed by atoms with Crippen molar-refractivity contribution in [3.8, 4) is 5.75 Å². The van der Waals surface area contributed by atoms with E-state index < -0.39 is 0 Å². The van der Waals surface area contributed by atoms with E-state index in [-0.39, 0.29) is 5.82 Å². The third-order valence-electron chi connectivity index (χ3n) is 3.64. The summed E-state index contributed by atoms with van der Waals surface area (Å²) in [6.07, 6.45) is 1.12. The van der Waals surface area contributed by atoms with E-state index in [4.69, 9.17) is 22.2 Å². The SMILES string of the molecule is Nn1c(Cc2ccccc2F)nnc1SCCCOc1ccc(Cl)cc1. The van der Waals surface area contributed by atoms with Crippen molar-refractivity contribution in [2.24, 2.45) is 0 Å². The molecule has 136 valence electrons. The third kappa shape index (κ3) is 4.89. The van der Waals surface area contributed by atoms with Crippen LogP contribution in [0.25, 0.3) is 0 Å². The van der Waals surface area contributed by atoms with Gasteiger partial charge in [-0.15, -0.1) is 10.2 Å². The molecular formula is C18H18ClFN4OS. The standard InChI is InChI=1S/C18H18ClFN4OS/c19-14-6-8-15(9-7-14)25-10-3-11-26-18-23-22-17(24(18)21)12-13-4-1-2-5-16(13)20/h1-2,4-9H,3,10-12,21H2.